The topological polar surface area (TPSA) is 84.1 Å². The number of nitrogens with zero attached hydrogens (tertiary/aromatic N) is 5. The summed E-state index contributed by atoms with van der Waals surface area (Å²) in [7, 11) is 1.74. The van der Waals surface area contributed by atoms with Gasteiger partial charge in [-0.3, -0.25) is 9.69 Å². The van der Waals surface area contributed by atoms with Crippen LogP contribution in [-0.2, 0) is 18.4 Å². The van der Waals surface area contributed by atoms with Gasteiger partial charge >= 0.3 is 5.97 Å². The highest BCUT2D eigenvalue weighted by atomic mass is 16.4. The van der Waals surface area contributed by atoms with E-state index in [-0.39, 0.29) is 5.92 Å². The van der Waals surface area contributed by atoms with E-state index in [1.807, 2.05) is 13.8 Å². The first kappa shape index (κ1) is 13.9. The Hall–Kier alpha value is -1.50. The minimum absolute atomic E-state index is 0.162. The number of carboxylic acid groups (broad SMARTS) is 1. The number of likely N-dealkylation sites (tertiary alicyclic amines) is 1. The van der Waals surface area contributed by atoms with Crippen molar-refractivity contribution in [1.82, 2.24) is 25.1 Å². The van der Waals surface area contributed by atoms with Crippen LogP contribution in [0.25, 0.3) is 0 Å². The van der Waals surface area contributed by atoms with E-state index in [1.165, 1.54) is 4.80 Å². The van der Waals surface area contributed by atoms with E-state index in [2.05, 4.69) is 20.3 Å². The summed E-state index contributed by atoms with van der Waals surface area (Å²) in [5.74, 6) is 0.128. The lowest BCUT2D eigenvalue weighted by Gasteiger charge is -2.38. The second kappa shape index (κ2) is 5.24. The maximum absolute atomic E-state index is 11.3. The summed E-state index contributed by atoms with van der Waals surface area (Å²) in [4.78, 5) is 15.0. The van der Waals surface area contributed by atoms with E-state index < -0.39 is 11.4 Å². The molecule has 1 saturated heterocycles. The second-order valence-corrected chi connectivity index (χ2v) is 5.80. The van der Waals surface area contributed by atoms with Crippen molar-refractivity contribution in [3.05, 3.63) is 5.82 Å². The lowest BCUT2D eigenvalue weighted by Crippen LogP contribution is -2.44. The molecule has 0 spiro atoms. The van der Waals surface area contributed by atoms with Crippen LogP contribution in [0.15, 0.2) is 0 Å². The molecule has 2 heterocycles. The van der Waals surface area contributed by atoms with E-state index >= 15 is 0 Å². The van der Waals surface area contributed by atoms with Crippen LogP contribution in [0.5, 0.6) is 0 Å². The molecule has 1 N–H and O–H groups in total. The quantitative estimate of drug-likeness (QED) is 0.856. The van der Waals surface area contributed by atoms with Crippen LogP contribution in [0.1, 0.15) is 32.5 Å². The molecule has 1 fully saturated rings. The molecule has 1 aromatic rings. The van der Waals surface area contributed by atoms with E-state index in [0.717, 1.165) is 25.9 Å². The maximum atomic E-state index is 11.3. The molecular formula is C12H21N5O2. The van der Waals surface area contributed by atoms with Crippen molar-refractivity contribution in [1.29, 1.82) is 0 Å². The molecule has 0 bridgehead atoms. The predicted octanol–water partition coefficient (Wildman–Crippen LogP) is 0.533. The van der Waals surface area contributed by atoms with Gasteiger partial charge in [0.05, 0.1) is 19.0 Å². The third kappa shape index (κ3) is 3.09. The van der Waals surface area contributed by atoms with Crippen molar-refractivity contribution in [2.75, 3.05) is 13.1 Å². The molecule has 1 unspecified atom stereocenters. The largest absolute Gasteiger partial charge is 0.481 e. The summed E-state index contributed by atoms with van der Waals surface area (Å²) < 4.78 is 0. The first-order chi connectivity index (χ1) is 8.89. The number of hydrogen-bond acceptors (Lipinski definition) is 5. The molecule has 106 valence electrons. The summed E-state index contributed by atoms with van der Waals surface area (Å²) in [5, 5.41) is 21.3. The Kier molecular flexibility index (Phi) is 3.84. The van der Waals surface area contributed by atoms with Crippen molar-refractivity contribution < 1.29 is 9.90 Å². The Labute approximate surface area is 112 Å². The van der Waals surface area contributed by atoms with Crippen LogP contribution >= 0.6 is 0 Å². The number of rotatable bonds is 4. The molecule has 1 aromatic heterocycles. The number of carboxylic acids is 1. The van der Waals surface area contributed by atoms with Crippen LogP contribution in [0.2, 0.25) is 0 Å². The van der Waals surface area contributed by atoms with Gasteiger partial charge in [0.2, 0.25) is 0 Å². The molecule has 7 nitrogen and oxygen atoms in total. The lowest BCUT2D eigenvalue weighted by atomic mass is 9.74. The van der Waals surface area contributed by atoms with Gasteiger partial charge < -0.3 is 5.11 Å². The van der Waals surface area contributed by atoms with Gasteiger partial charge in [0, 0.05) is 6.54 Å². The first-order valence-corrected chi connectivity index (χ1v) is 6.58. The van der Waals surface area contributed by atoms with Gasteiger partial charge in [-0.05, 0) is 44.4 Å². The molecule has 0 aromatic carbocycles. The molecule has 1 aliphatic heterocycles. The van der Waals surface area contributed by atoms with Crippen molar-refractivity contribution in [3.8, 4) is 0 Å². The molecule has 1 aliphatic rings. The number of hydrogen-bond donors (Lipinski definition) is 1. The Bertz CT molecular complexity index is 457. The van der Waals surface area contributed by atoms with Crippen LogP contribution in [-0.4, -0.2) is 49.3 Å². The number of aromatic nitrogens is 4. The Morgan fingerprint density at radius 3 is 2.84 bits per heavy atom. The SMILES string of the molecule is Cn1nnc(CN2CCCC(C(C)(C)C(=O)O)C2)n1. The average Bonchev–Trinajstić information content (AvgIpc) is 2.75. The van der Waals surface area contributed by atoms with E-state index in [4.69, 9.17) is 0 Å². The number of aliphatic carboxylic acids is 1. The van der Waals surface area contributed by atoms with Crippen LogP contribution in [0.4, 0.5) is 0 Å². The van der Waals surface area contributed by atoms with Gasteiger partial charge in [0.1, 0.15) is 0 Å². The molecule has 19 heavy (non-hydrogen) atoms. The highest BCUT2D eigenvalue weighted by molar-refractivity contribution is 5.74. The Morgan fingerprint density at radius 1 is 1.53 bits per heavy atom. The fourth-order valence-corrected chi connectivity index (χ4v) is 2.55. The van der Waals surface area contributed by atoms with Crippen molar-refractivity contribution in [2.45, 2.75) is 33.2 Å². The Morgan fingerprint density at radius 2 is 2.26 bits per heavy atom. The molecule has 0 radical (unpaired) electrons. The first-order valence-electron chi connectivity index (χ1n) is 6.58. The van der Waals surface area contributed by atoms with Gasteiger partial charge in [-0.2, -0.15) is 4.80 Å². The minimum atomic E-state index is -0.725. The fourth-order valence-electron chi connectivity index (χ4n) is 2.55. The third-order valence-electron chi connectivity index (χ3n) is 3.99. The van der Waals surface area contributed by atoms with Gasteiger partial charge in [-0.1, -0.05) is 0 Å². The normalized spacial score (nSPS) is 21.5. The third-order valence-corrected chi connectivity index (χ3v) is 3.99. The van der Waals surface area contributed by atoms with Gasteiger partial charge in [-0.25, -0.2) is 0 Å². The van der Waals surface area contributed by atoms with Crippen molar-refractivity contribution >= 4 is 5.97 Å². The van der Waals surface area contributed by atoms with Crippen molar-refractivity contribution in [2.24, 2.45) is 18.4 Å². The monoisotopic (exact) mass is 267 g/mol. The minimum Gasteiger partial charge on any atom is -0.481 e. The smallest absolute Gasteiger partial charge is 0.309 e. The highest BCUT2D eigenvalue weighted by Crippen LogP contribution is 2.34. The molecule has 0 saturated carbocycles. The molecule has 2 rings (SSSR count). The average molecular weight is 267 g/mol. The summed E-state index contributed by atoms with van der Waals surface area (Å²) in [6, 6.07) is 0. The number of tetrazole rings is 1. The molecular weight excluding hydrogens is 246 g/mol. The van der Waals surface area contributed by atoms with Crippen molar-refractivity contribution in [3.63, 3.8) is 0 Å². The summed E-state index contributed by atoms with van der Waals surface area (Å²) >= 11 is 0. The molecule has 0 amide bonds. The highest BCUT2D eigenvalue weighted by Gasteiger charge is 2.39. The van der Waals surface area contributed by atoms with Gasteiger partial charge in [0.25, 0.3) is 0 Å². The lowest BCUT2D eigenvalue weighted by molar-refractivity contribution is -0.151. The molecule has 1 atom stereocenters. The summed E-state index contributed by atoms with van der Waals surface area (Å²) in [6.45, 7) is 6.00. The number of piperidine rings is 1. The molecule has 0 aliphatic carbocycles. The fraction of sp³-hybridized carbons (Fsp3) is 0.833. The summed E-state index contributed by atoms with van der Waals surface area (Å²) in [6.07, 6.45) is 1.98. The zero-order chi connectivity index (χ0) is 14.0. The standard InChI is InChI=1S/C12H21N5O2/c1-12(2,11(18)19)9-5-4-6-17(7-9)8-10-13-15-16(3)14-10/h9H,4-8H2,1-3H3,(H,18,19). The number of carbonyl (C=O) groups is 1. The second-order valence-electron chi connectivity index (χ2n) is 5.80. The number of aryl methyl sites for hydroxylation is 1. The Balaban J connectivity index is 1.99. The van der Waals surface area contributed by atoms with Crippen LogP contribution in [0.3, 0.4) is 0 Å². The summed E-state index contributed by atoms with van der Waals surface area (Å²) in [5.41, 5.74) is -0.686. The van der Waals surface area contributed by atoms with E-state index in [1.54, 1.807) is 7.05 Å². The zero-order valence-corrected chi connectivity index (χ0v) is 11.7. The van der Waals surface area contributed by atoms with E-state index in [0.29, 0.717) is 12.4 Å². The van der Waals surface area contributed by atoms with Crippen LogP contribution in [0, 0.1) is 11.3 Å². The zero-order valence-electron chi connectivity index (χ0n) is 11.7. The van der Waals surface area contributed by atoms with Crippen LogP contribution < -0.4 is 0 Å². The maximum Gasteiger partial charge on any atom is 0.309 e. The van der Waals surface area contributed by atoms with Gasteiger partial charge in [-0.15, -0.1) is 10.2 Å². The van der Waals surface area contributed by atoms with Gasteiger partial charge in [0.15, 0.2) is 5.82 Å². The van der Waals surface area contributed by atoms with E-state index in [9.17, 15) is 9.90 Å². The molecule has 7 heteroatoms. The predicted molar refractivity (Wildman–Crippen MR) is 68.2 cm³/mol.